The Balaban J connectivity index is 1.95. The number of hydrogen-bond donors (Lipinski definition) is 1. The van der Waals surface area contributed by atoms with Crippen LogP contribution in [-0.4, -0.2) is 30.5 Å². The van der Waals surface area contributed by atoms with Crippen LogP contribution in [0.5, 0.6) is 11.5 Å². The third-order valence-corrected chi connectivity index (χ3v) is 5.83. The first-order valence-electron chi connectivity index (χ1n) is 10.5. The molecule has 0 radical (unpaired) electrons. The van der Waals surface area contributed by atoms with E-state index in [2.05, 4.69) is 0 Å². The zero-order chi connectivity index (χ0) is 24.4. The van der Waals surface area contributed by atoms with Gasteiger partial charge < -0.3 is 14.6 Å². The maximum Gasteiger partial charge on any atom is 0.300 e. The van der Waals surface area contributed by atoms with Crippen LogP contribution in [0.3, 0.4) is 0 Å². The molecule has 6 nitrogen and oxygen atoms in total. The van der Waals surface area contributed by atoms with Gasteiger partial charge in [-0.2, -0.15) is 0 Å². The summed E-state index contributed by atoms with van der Waals surface area (Å²) in [7, 11) is 1.50. The fourth-order valence-electron chi connectivity index (χ4n) is 3.92. The summed E-state index contributed by atoms with van der Waals surface area (Å²) in [6.45, 7) is 2.17. The molecular formula is C26H21ClFNO5. The van der Waals surface area contributed by atoms with Crippen LogP contribution in [0.2, 0.25) is 5.02 Å². The van der Waals surface area contributed by atoms with E-state index in [9.17, 15) is 19.1 Å². The van der Waals surface area contributed by atoms with E-state index in [0.29, 0.717) is 23.8 Å². The monoisotopic (exact) mass is 481 g/mol. The highest BCUT2D eigenvalue weighted by molar-refractivity contribution is 6.52. The van der Waals surface area contributed by atoms with Crippen LogP contribution in [0.4, 0.5) is 10.1 Å². The highest BCUT2D eigenvalue weighted by Crippen LogP contribution is 2.44. The molecule has 1 fully saturated rings. The number of methoxy groups -OCH3 is 1. The second-order valence-corrected chi connectivity index (χ2v) is 7.87. The van der Waals surface area contributed by atoms with E-state index in [1.54, 1.807) is 43.3 Å². The normalized spacial score (nSPS) is 17.2. The van der Waals surface area contributed by atoms with Crippen LogP contribution in [0.25, 0.3) is 5.76 Å². The van der Waals surface area contributed by atoms with Crippen LogP contribution >= 0.6 is 11.6 Å². The van der Waals surface area contributed by atoms with Crippen molar-refractivity contribution in [2.45, 2.75) is 13.0 Å². The average molecular weight is 482 g/mol. The van der Waals surface area contributed by atoms with Crippen LogP contribution in [0.1, 0.15) is 24.1 Å². The SMILES string of the molecule is CCOc1ccc(Cl)c(/C(O)=C2\C(=O)C(=O)N(c3ccc(OC)cc3)C2c2ccccc2F)c1. The average Bonchev–Trinajstić information content (AvgIpc) is 3.10. The van der Waals surface area contributed by atoms with Gasteiger partial charge >= 0.3 is 0 Å². The molecule has 1 atom stereocenters. The van der Waals surface area contributed by atoms with Crippen molar-refractivity contribution in [1.29, 1.82) is 0 Å². The number of aliphatic hydroxyl groups excluding tert-OH is 1. The lowest BCUT2D eigenvalue weighted by Crippen LogP contribution is -2.29. The summed E-state index contributed by atoms with van der Waals surface area (Å²) in [6.07, 6.45) is 0. The zero-order valence-corrected chi connectivity index (χ0v) is 19.2. The molecule has 1 amide bonds. The highest BCUT2D eigenvalue weighted by Gasteiger charge is 2.48. The maximum atomic E-state index is 15.0. The number of ketones is 1. The van der Waals surface area contributed by atoms with E-state index in [-0.39, 0.29) is 21.7 Å². The molecule has 1 saturated heterocycles. The van der Waals surface area contributed by atoms with E-state index in [1.165, 1.54) is 37.4 Å². The Hall–Kier alpha value is -3.84. The molecule has 3 aromatic rings. The lowest BCUT2D eigenvalue weighted by Gasteiger charge is -2.26. The first-order valence-corrected chi connectivity index (χ1v) is 10.9. The Bertz CT molecular complexity index is 1290. The number of rotatable bonds is 6. The number of aliphatic hydroxyl groups is 1. The molecule has 1 aliphatic heterocycles. The van der Waals surface area contributed by atoms with Gasteiger partial charge in [-0.15, -0.1) is 0 Å². The van der Waals surface area contributed by atoms with E-state index >= 15 is 0 Å². The smallest absolute Gasteiger partial charge is 0.300 e. The lowest BCUT2D eigenvalue weighted by molar-refractivity contribution is -0.132. The molecule has 1 heterocycles. The number of anilines is 1. The van der Waals surface area contributed by atoms with Crippen LogP contribution < -0.4 is 14.4 Å². The third kappa shape index (κ3) is 4.10. The van der Waals surface area contributed by atoms with E-state index in [0.717, 1.165) is 4.90 Å². The molecule has 4 rings (SSSR count). The number of amides is 1. The van der Waals surface area contributed by atoms with Gasteiger partial charge in [0.2, 0.25) is 0 Å². The number of carbonyl (C=O) groups is 2. The van der Waals surface area contributed by atoms with E-state index < -0.39 is 29.3 Å². The minimum absolute atomic E-state index is 0.0520. The van der Waals surface area contributed by atoms with E-state index in [4.69, 9.17) is 21.1 Å². The summed E-state index contributed by atoms with van der Waals surface area (Å²) in [5, 5.41) is 11.4. The van der Waals surface area contributed by atoms with Crippen molar-refractivity contribution in [3.8, 4) is 11.5 Å². The molecule has 0 spiro atoms. The number of Topliss-reactive ketones (excluding diaryl/α,β-unsaturated/α-hetero) is 1. The molecule has 1 unspecified atom stereocenters. The second kappa shape index (κ2) is 9.57. The zero-order valence-electron chi connectivity index (χ0n) is 18.4. The number of ether oxygens (including phenoxy) is 2. The fraction of sp³-hybridized carbons (Fsp3) is 0.154. The summed E-state index contributed by atoms with van der Waals surface area (Å²) in [5.41, 5.74) is 0.212. The quantitative estimate of drug-likeness (QED) is 0.285. The Morgan fingerprint density at radius 1 is 1.06 bits per heavy atom. The van der Waals surface area contributed by atoms with Crippen LogP contribution in [0.15, 0.2) is 72.3 Å². The first-order chi connectivity index (χ1) is 16.4. The molecule has 34 heavy (non-hydrogen) atoms. The number of nitrogens with zero attached hydrogens (tertiary/aromatic N) is 1. The van der Waals surface area contributed by atoms with Crippen LogP contribution in [-0.2, 0) is 9.59 Å². The number of halogens is 2. The van der Waals surface area contributed by atoms with Gasteiger partial charge in [-0.25, -0.2) is 4.39 Å². The highest BCUT2D eigenvalue weighted by atomic mass is 35.5. The van der Waals surface area contributed by atoms with Crippen LogP contribution in [0, 0.1) is 5.82 Å². The number of benzene rings is 3. The van der Waals surface area contributed by atoms with Gasteiger partial charge in [-0.05, 0) is 55.5 Å². The van der Waals surface area contributed by atoms with Crippen molar-refractivity contribution in [3.05, 3.63) is 94.3 Å². The topological polar surface area (TPSA) is 76.1 Å². The summed E-state index contributed by atoms with van der Waals surface area (Å²) >= 11 is 6.32. The summed E-state index contributed by atoms with van der Waals surface area (Å²) < 4.78 is 25.6. The van der Waals surface area contributed by atoms with Gasteiger partial charge in [0.25, 0.3) is 11.7 Å². The second-order valence-electron chi connectivity index (χ2n) is 7.46. The molecule has 0 bridgehead atoms. The minimum Gasteiger partial charge on any atom is -0.507 e. The Morgan fingerprint density at radius 3 is 2.38 bits per heavy atom. The maximum absolute atomic E-state index is 15.0. The molecule has 1 aliphatic rings. The molecular weight excluding hydrogens is 461 g/mol. The van der Waals surface area contributed by atoms with Crippen molar-refractivity contribution in [2.75, 3.05) is 18.6 Å². The first kappa shape index (κ1) is 23.3. The Morgan fingerprint density at radius 2 is 1.74 bits per heavy atom. The van der Waals surface area contributed by atoms with Gasteiger partial charge in [-0.1, -0.05) is 29.8 Å². The summed E-state index contributed by atoms with van der Waals surface area (Å²) in [4.78, 5) is 27.5. The van der Waals surface area contributed by atoms with Crippen molar-refractivity contribution in [3.63, 3.8) is 0 Å². The summed E-state index contributed by atoms with van der Waals surface area (Å²) in [6, 6.07) is 15.6. The molecule has 3 aromatic carbocycles. The predicted octanol–water partition coefficient (Wildman–Crippen LogP) is 5.51. The molecule has 0 aromatic heterocycles. The minimum atomic E-state index is -1.22. The van der Waals surface area contributed by atoms with Crippen molar-refractivity contribution < 1.29 is 28.6 Å². The fourth-order valence-corrected chi connectivity index (χ4v) is 4.13. The van der Waals surface area contributed by atoms with Gasteiger partial charge in [0.1, 0.15) is 23.1 Å². The molecule has 0 saturated carbocycles. The van der Waals surface area contributed by atoms with Gasteiger partial charge in [-0.3, -0.25) is 14.5 Å². The van der Waals surface area contributed by atoms with Gasteiger partial charge in [0.15, 0.2) is 0 Å². The standard InChI is InChI=1S/C26H21ClFNO5/c1-3-34-17-12-13-20(27)19(14-17)24(30)22-23(18-6-4-5-7-21(18)28)29(26(32)25(22)31)15-8-10-16(33-2)11-9-15/h4-14,23,30H,3H2,1-2H3/b24-22+. The molecule has 0 aliphatic carbocycles. The summed E-state index contributed by atoms with van der Waals surface area (Å²) in [5.74, 6) is -2.05. The third-order valence-electron chi connectivity index (χ3n) is 5.50. The van der Waals surface area contributed by atoms with E-state index in [1.807, 2.05) is 0 Å². The predicted molar refractivity (Wildman–Crippen MR) is 127 cm³/mol. The van der Waals surface area contributed by atoms with Gasteiger partial charge in [0, 0.05) is 16.8 Å². The van der Waals surface area contributed by atoms with Crippen molar-refractivity contribution >= 4 is 34.7 Å². The van der Waals surface area contributed by atoms with Crippen molar-refractivity contribution in [2.24, 2.45) is 0 Å². The number of carbonyl (C=O) groups excluding carboxylic acids is 2. The van der Waals surface area contributed by atoms with Gasteiger partial charge in [0.05, 0.1) is 30.4 Å². The number of hydrogen-bond acceptors (Lipinski definition) is 5. The molecule has 8 heteroatoms. The molecule has 174 valence electrons. The Kier molecular flexibility index (Phi) is 6.56. The Labute approximate surface area is 200 Å². The van der Waals surface area contributed by atoms with Crippen molar-refractivity contribution in [1.82, 2.24) is 0 Å². The lowest BCUT2D eigenvalue weighted by atomic mass is 9.94. The largest absolute Gasteiger partial charge is 0.507 e. The molecule has 1 N–H and O–H groups in total.